The zero-order valence-electron chi connectivity index (χ0n) is 12.9. The molecule has 1 aromatic rings. The van der Waals surface area contributed by atoms with E-state index in [4.69, 9.17) is 5.11 Å². The molecule has 0 aromatic heterocycles. The van der Waals surface area contributed by atoms with E-state index in [0.29, 0.717) is 30.4 Å². The van der Waals surface area contributed by atoms with Gasteiger partial charge in [-0.05, 0) is 50.3 Å². The molecule has 0 spiro atoms. The predicted octanol–water partition coefficient (Wildman–Crippen LogP) is 3.20. The van der Waals surface area contributed by atoms with E-state index in [0.717, 1.165) is 6.42 Å². The van der Waals surface area contributed by atoms with Crippen LogP contribution < -0.4 is 5.32 Å². The molecule has 1 aliphatic rings. The van der Waals surface area contributed by atoms with Crippen LogP contribution >= 0.6 is 0 Å². The van der Waals surface area contributed by atoms with E-state index < -0.39 is 11.9 Å². The minimum absolute atomic E-state index is 0.139. The monoisotopic (exact) mass is 307 g/mol. The number of rotatable bonds is 4. The van der Waals surface area contributed by atoms with Crippen molar-refractivity contribution in [3.63, 3.8) is 0 Å². The van der Waals surface area contributed by atoms with E-state index in [1.807, 2.05) is 0 Å². The van der Waals surface area contributed by atoms with Crippen LogP contribution in [0.15, 0.2) is 18.2 Å². The van der Waals surface area contributed by atoms with Crippen molar-refractivity contribution in [2.24, 2.45) is 11.8 Å². The molecule has 22 heavy (non-hydrogen) atoms. The molecule has 0 aliphatic heterocycles. The van der Waals surface area contributed by atoms with Crippen molar-refractivity contribution in [3.8, 4) is 0 Å². The second-order valence-corrected chi connectivity index (χ2v) is 6.14. The Morgan fingerprint density at radius 1 is 1.32 bits per heavy atom. The van der Waals surface area contributed by atoms with Gasteiger partial charge in [-0.3, -0.25) is 9.59 Å². The summed E-state index contributed by atoms with van der Waals surface area (Å²) in [4.78, 5) is 23.4. The smallest absolute Gasteiger partial charge is 0.306 e. The maximum absolute atomic E-state index is 13.6. The predicted molar refractivity (Wildman–Crippen MR) is 80.8 cm³/mol. The Labute approximate surface area is 129 Å². The second kappa shape index (κ2) is 6.90. The first-order valence-electron chi connectivity index (χ1n) is 7.67. The van der Waals surface area contributed by atoms with Crippen LogP contribution in [0, 0.1) is 24.6 Å². The van der Waals surface area contributed by atoms with Crippen molar-refractivity contribution >= 4 is 11.9 Å². The van der Waals surface area contributed by atoms with Crippen molar-refractivity contribution in [1.29, 1.82) is 0 Å². The Morgan fingerprint density at radius 3 is 2.64 bits per heavy atom. The Kier molecular flexibility index (Phi) is 5.16. The average Bonchev–Trinajstić information content (AvgIpc) is 2.50. The van der Waals surface area contributed by atoms with Gasteiger partial charge in [0.1, 0.15) is 5.82 Å². The van der Waals surface area contributed by atoms with Crippen LogP contribution in [-0.4, -0.2) is 17.0 Å². The zero-order chi connectivity index (χ0) is 16.3. The highest BCUT2D eigenvalue weighted by Gasteiger charge is 2.31. The van der Waals surface area contributed by atoms with Crippen LogP contribution in [-0.2, 0) is 9.59 Å². The van der Waals surface area contributed by atoms with Gasteiger partial charge in [0.05, 0.1) is 12.0 Å². The van der Waals surface area contributed by atoms with Crippen LogP contribution in [0.4, 0.5) is 4.39 Å². The summed E-state index contributed by atoms with van der Waals surface area (Å²) >= 11 is 0. The highest BCUT2D eigenvalue weighted by molar-refractivity contribution is 5.80. The number of hydrogen-bond donors (Lipinski definition) is 2. The minimum atomic E-state index is -0.828. The number of carbonyl (C=O) groups is 2. The molecular formula is C17H22FNO3. The molecule has 3 atom stereocenters. The molecule has 5 heteroatoms. The molecule has 2 rings (SSSR count). The fourth-order valence-corrected chi connectivity index (χ4v) is 2.95. The number of benzene rings is 1. The van der Waals surface area contributed by atoms with Gasteiger partial charge in [0, 0.05) is 5.92 Å². The first-order chi connectivity index (χ1) is 10.4. The maximum Gasteiger partial charge on any atom is 0.306 e. The number of carboxylic acid groups (broad SMARTS) is 1. The van der Waals surface area contributed by atoms with Crippen molar-refractivity contribution < 1.29 is 19.1 Å². The summed E-state index contributed by atoms with van der Waals surface area (Å²) in [5.41, 5.74) is 1.28. The number of aliphatic carboxylic acids is 1. The first-order valence-corrected chi connectivity index (χ1v) is 7.67. The molecule has 3 unspecified atom stereocenters. The molecule has 1 aliphatic carbocycles. The first kappa shape index (κ1) is 16.5. The van der Waals surface area contributed by atoms with Crippen LogP contribution in [0.3, 0.4) is 0 Å². The molecule has 1 aromatic carbocycles. The van der Waals surface area contributed by atoms with Gasteiger partial charge in [-0.25, -0.2) is 4.39 Å². The normalized spacial score (nSPS) is 22.9. The van der Waals surface area contributed by atoms with Crippen molar-refractivity contribution in [3.05, 3.63) is 35.1 Å². The summed E-state index contributed by atoms with van der Waals surface area (Å²) in [6, 6.07) is 4.62. The second-order valence-electron chi connectivity index (χ2n) is 6.14. The molecule has 0 bridgehead atoms. The van der Waals surface area contributed by atoms with E-state index in [9.17, 15) is 14.0 Å². The van der Waals surface area contributed by atoms with Gasteiger partial charge >= 0.3 is 5.97 Å². The van der Waals surface area contributed by atoms with Crippen LogP contribution in [0.5, 0.6) is 0 Å². The van der Waals surface area contributed by atoms with Crippen molar-refractivity contribution in [2.75, 3.05) is 0 Å². The van der Waals surface area contributed by atoms with E-state index in [1.165, 1.54) is 6.07 Å². The maximum atomic E-state index is 13.6. The van der Waals surface area contributed by atoms with E-state index in [1.54, 1.807) is 26.0 Å². The molecular weight excluding hydrogens is 285 g/mol. The van der Waals surface area contributed by atoms with E-state index in [-0.39, 0.29) is 23.7 Å². The van der Waals surface area contributed by atoms with Gasteiger partial charge in [0.15, 0.2) is 0 Å². The number of nitrogens with one attached hydrogen (secondary N) is 1. The molecule has 120 valence electrons. The van der Waals surface area contributed by atoms with Gasteiger partial charge in [-0.15, -0.1) is 0 Å². The Hall–Kier alpha value is -1.91. The number of aryl methyl sites for hydroxylation is 1. The lowest BCUT2D eigenvalue weighted by molar-refractivity contribution is -0.144. The summed E-state index contributed by atoms with van der Waals surface area (Å²) in [7, 11) is 0. The zero-order valence-corrected chi connectivity index (χ0v) is 12.9. The molecule has 4 nitrogen and oxygen atoms in total. The standard InChI is InChI=1S/C17H22FNO3/c1-10-6-7-12(9-15(10)18)11(2)19-16(20)13-4-3-5-14(8-13)17(21)22/h6-7,9,11,13-14H,3-5,8H2,1-2H3,(H,19,20)(H,21,22). The van der Waals surface area contributed by atoms with Crippen molar-refractivity contribution in [1.82, 2.24) is 5.32 Å². The summed E-state index contributed by atoms with van der Waals surface area (Å²) in [6.07, 6.45) is 2.49. The van der Waals surface area contributed by atoms with Crippen LogP contribution in [0.2, 0.25) is 0 Å². The molecule has 0 saturated heterocycles. The van der Waals surface area contributed by atoms with Gasteiger partial charge < -0.3 is 10.4 Å². The highest BCUT2D eigenvalue weighted by atomic mass is 19.1. The fraction of sp³-hybridized carbons (Fsp3) is 0.529. The lowest BCUT2D eigenvalue weighted by Gasteiger charge is -2.27. The molecule has 1 amide bonds. The third-order valence-electron chi connectivity index (χ3n) is 4.45. The average molecular weight is 307 g/mol. The SMILES string of the molecule is Cc1ccc(C(C)NC(=O)C2CCCC(C(=O)O)C2)cc1F. The van der Waals surface area contributed by atoms with Crippen molar-refractivity contribution in [2.45, 2.75) is 45.6 Å². The van der Waals surface area contributed by atoms with Crippen LogP contribution in [0.25, 0.3) is 0 Å². The number of carboxylic acids is 1. The number of carbonyl (C=O) groups excluding carboxylic acids is 1. The number of amides is 1. The number of halogens is 1. The lowest BCUT2D eigenvalue weighted by atomic mass is 9.81. The topological polar surface area (TPSA) is 66.4 Å². The van der Waals surface area contributed by atoms with E-state index >= 15 is 0 Å². The molecule has 2 N–H and O–H groups in total. The number of hydrogen-bond acceptors (Lipinski definition) is 2. The largest absolute Gasteiger partial charge is 0.481 e. The Balaban J connectivity index is 1.98. The third kappa shape index (κ3) is 3.84. The lowest BCUT2D eigenvalue weighted by Crippen LogP contribution is -2.36. The van der Waals surface area contributed by atoms with E-state index in [2.05, 4.69) is 5.32 Å². The Morgan fingerprint density at radius 2 is 2.00 bits per heavy atom. The van der Waals surface area contributed by atoms with Gasteiger partial charge in [-0.2, -0.15) is 0 Å². The molecule has 1 fully saturated rings. The summed E-state index contributed by atoms with van der Waals surface area (Å²) in [5, 5.41) is 12.0. The van der Waals surface area contributed by atoms with Gasteiger partial charge in [0.25, 0.3) is 0 Å². The molecule has 0 radical (unpaired) electrons. The van der Waals surface area contributed by atoms with Gasteiger partial charge in [-0.1, -0.05) is 18.6 Å². The van der Waals surface area contributed by atoms with Crippen LogP contribution in [0.1, 0.15) is 49.8 Å². The summed E-state index contributed by atoms with van der Waals surface area (Å²) in [5.74, 6) is -1.96. The molecule has 1 saturated carbocycles. The third-order valence-corrected chi connectivity index (χ3v) is 4.45. The van der Waals surface area contributed by atoms with Gasteiger partial charge in [0.2, 0.25) is 5.91 Å². The fourth-order valence-electron chi connectivity index (χ4n) is 2.95. The molecule has 0 heterocycles. The Bertz CT molecular complexity index is 573. The minimum Gasteiger partial charge on any atom is -0.481 e. The quantitative estimate of drug-likeness (QED) is 0.897. The summed E-state index contributed by atoms with van der Waals surface area (Å²) in [6.45, 7) is 3.50. The summed E-state index contributed by atoms with van der Waals surface area (Å²) < 4.78 is 13.6. The highest BCUT2D eigenvalue weighted by Crippen LogP contribution is 2.30.